The van der Waals surface area contributed by atoms with Crippen molar-refractivity contribution in [1.29, 1.82) is 0 Å². The fraction of sp³-hybridized carbons (Fsp3) is 0.258. The average molecular weight is 515 g/mol. The Morgan fingerprint density at radius 1 is 1.05 bits per heavy atom. The largest absolute Gasteiger partial charge is 0.480 e. The molecule has 0 unspecified atom stereocenters. The third kappa shape index (κ3) is 4.92. The number of nitrogens with zero attached hydrogens (tertiary/aromatic N) is 4. The van der Waals surface area contributed by atoms with Crippen molar-refractivity contribution in [3.8, 4) is 0 Å². The second-order valence-electron chi connectivity index (χ2n) is 9.50. The lowest BCUT2D eigenvalue weighted by molar-refractivity contribution is -0.151. The average Bonchev–Trinajstić information content (AvgIpc) is 3.35. The Bertz CT molecular complexity index is 1600. The highest BCUT2D eigenvalue weighted by molar-refractivity contribution is 5.91. The molecule has 1 aliphatic rings. The summed E-state index contributed by atoms with van der Waals surface area (Å²) in [7, 11) is 0. The second kappa shape index (κ2) is 10.5. The molecule has 1 atom stereocenters. The van der Waals surface area contributed by atoms with E-state index in [2.05, 4.69) is 4.98 Å². The van der Waals surface area contributed by atoms with E-state index in [9.17, 15) is 14.7 Å². The van der Waals surface area contributed by atoms with Crippen molar-refractivity contribution in [2.24, 2.45) is 0 Å². The molecule has 1 aliphatic heterocycles. The molecule has 1 amide bonds. The lowest BCUT2D eigenvalue weighted by atomic mass is 9.88. The van der Waals surface area contributed by atoms with Crippen LogP contribution in [0.5, 0.6) is 0 Å². The Morgan fingerprint density at radius 3 is 2.29 bits per heavy atom. The zero-order chi connectivity index (χ0) is 31.8. The molecule has 3 aromatic carbocycles. The Kier molecular flexibility index (Phi) is 5.21. The minimum atomic E-state index is -2.86. The number of aromatic nitrogens is 2. The van der Waals surface area contributed by atoms with Crippen LogP contribution in [0.2, 0.25) is 0 Å². The van der Waals surface area contributed by atoms with Crippen LogP contribution in [-0.4, -0.2) is 51.4 Å². The maximum absolute atomic E-state index is 14.1. The van der Waals surface area contributed by atoms with E-state index in [1.807, 2.05) is 65.2 Å². The lowest BCUT2D eigenvalue weighted by Crippen LogP contribution is -2.50. The van der Waals surface area contributed by atoms with Gasteiger partial charge in [0.25, 0.3) is 0 Å². The van der Waals surface area contributed by atoms with Crippen LogP contribution in [0.25, 0.3) is 0 Å². The fourth-order valence-electron chi connectivity index (χ4n) is 5.17. The zero-order valence-electron chi connectivity index (χ0n) is 26.9. The van der Waals surface area contributed by atoms with E-state index in [4.69, 9.17) is 8.22 Å². The van der Waals surface area contributed by atoms with Crippen LogP contribution >= 0.6 is 0 Å². The number of carbonyl (C=O) groups is 2. The molecular formula is C31H32N4O3. The van der Waals surface area contributed by atoms with Gasteiger partial charge in [-0.2, -0.15) is 0 Å². The maximum Gasteiger partial charge on any atom is 0.326 e. The standard InChI is InChI=1S/C31H32N4O3/c1-21-16-22(14-15-26(21)33(2)3)18-34-20-32-25-19-35(28(31(37)38)17-27(25)34)30(36)29(23-10-6-4-7-11-23)24-12-8-5-9-13-24/h4-16,20,28-29H,17-19H2,1-3H3,(H,37,38)/t28-/m0/s1/i2D3,3D3. The molecule has 4 aromatic rings. The first-order valence-electron chi connectivity index (χ1n) is 15.3. The summed E-state index contributed by atoms with van der Waals surface area (Å²) in [6.45, 7) is -3.76. The summed E-state index contributed by atoms with van der Waals surface area (Å²) in [6, 6.07) is 22.3. The van der Waals surface area contributed by atoms with Crippen molar-refractivity contribution in [3.63, 3.8) is 0 Å². The highest BCUT2D eigenvalue weighted by Crippen LogP contribution is 2.32. The normalized spacial score (nSPS) is 17.8. The number of hydrogen-bond donors (Lipinski definition) is 1. The topological polar surface area (TPSA) is 78.7 Å². The maximum atomic E-state index is 14.1. The number of aryl methyl sites for hydroxylation is 1. The van der Waals surface area contributed by atoms with E-state index >= 15 is 0 Å². The Labute approximate surface area is 231 Å². The van der Waals surface area contributed by atoms with Crippen molar-refractivity contribution >= 4 is 17.6 Å². The summed E-state index contributed by atoms with van der Waals surface area (Å²) in [5.41, 5.74) is 4.11. The van der Waals surface area contributed by atoms with Gasteiger partial charge in [0.2, 0.25) is 5.91 Å². The van der Waals surface area contributed by atoms with Crippen molar-refractivity contribution in [2.75, 3.05) is 18.9 Å². The molecule has 0 radical (unpaired) electrons. The molecule has 0 bridgehead atoms. The van der Waals surface area contributed by atoms with E-state index in [0.29, 0.717) is 28.4 Å². The predicted octanol–water partition coefficient (Wildman–Crippen LogP) is 4.48. The smallest absolute Gasteiger partial charge is 0.326 e. The summed E-state index contributed by atoms with van der Waals surface area (Å²) >= 11 is 0. The van der Waals surface area contributed by atoms with Crippen LogP contribution in [0.1, 0.15) is 47.8 Å². The van der Waals surface area contributed by atoms with Gasteiger partial charge in [-0.25, -0.2) is 9.78 Å². The summed E-state index contributed by atoms with van der Waals surface area (Å²) < 4.78 is 48.2. The number of rotatable bonds is 7. The van der Waals surface area contributed by atoms with E-state index in [1.54, 1.807) is 25.4 Å². The summed E-state index contributed by atoms with van der Waals surface area (Å²) in [5, 5.41) is 10.3. The van der Waals surface area contributed by atoms with Gasteiger partial charge >= 0.3 is 5.97 Å². The van der Waals surface area contributed by atoms with Crippen molar-refractivity contribution in [2.45, 2.75) is 38.4 Å². The molecule has 0 fully saturated rings. The Morgan fingerprint density at radius 2 is 1.71 bits per heavy atom. The van der Waals surface area contributed by atoms with Crippen LogP contribution < -0.4 is 4.90 Å². The molecule has 7 nitrogen and oxygen atoms in total. The predicted molar refractivity (Wildman–Crippen MR) is 147 cm³/mol. The molecule has 1 aromatic heterocycles. The van der Waals surface area contributed by atoms with Gasteiger partial charge < -0.3 is 19.5 Å². The summed E-state index contributed by atoms with van der Waals surface area (Å²) in [6.07, 6.45) is 1.65. The molecule has 1 N–H and O–H groups in total. The van der Waals surface area contributed by atoms with Gasteiger partial charge in [-0.05, 0) is 35.2 Å². The number of benzene rings is 3. The number of anilines is 1. The first-order valence-corrected chi connectivity index (χ1v) is 12.3. The highest BCUT2D eigenvalue weighted by atomic mass is 16.4. The number of imidazole rings is 1. The molecule has 38 heavy (non-hydrogen) atoms. The summed E-state index contributed by atoms with van der Waals surface area (Å²) in [5.74, 6) is -2.13. The Balaban J connectivity index is 1.44. The number of carbonyl (C=O) groups excluding carboxylic acids is 1. The van der Waals surface area contributed by atoms with Gasteiger partial charge in [0.05, 0.1) is 24.5 Å². The van der Waals surface area contributed by atoms with Gasteiger partial charge in [0, 0.05) is 46.5 Å². The number of carboxylic acid groups (broad SMARTS) is 1. The third-order valence-corrected chi connectivity index (χ3v) is 7.05. The van der Waals surface area contributed by atoms with Crippen LogP contribution in [0.3, 0.4) is 0 Å². The van der Waals surface area contributed by atoms with E-state index in [-0.39, 0.29) is 24.6 Å². The van der Waals surface area contributed by atoms with Crippen LogP contribution in [0.15, 0.2) is 85.2 Å². The fourth-order valence-corrected chi connectivity index (χ4v) is 5.17. The second-order valence-corrected chi connectivity index (χ2v) is 9.50. The van der Waals surface area contributed by atoms with E-state index < -0.39 is 31.9 Å². The first kappa shape index (κ1) is 18.8. The zero-order valence-corrected chi connectivity index (χ0v) is 20.9. The first-order chi connectivity index (χ1) is 20.8. The third-order valence-electron chi connectivity index (χ3n) is 7.05. The van der Waals surface area contributed by atoms with E-state index in [0.717, 1.165) is 16.7 Å². The molecule has 7 heteroatoms. The van der Waals surface area contributed by atoms with Gasteiger partial charge in [0.15, 0.2) is 0 Å². The SMILES string of the molecule is [2H]C([2H])([2H])N(c1ccc(Cn2cnc3c2C[C@@H](C(=O)O)N(C(=O)C(c2ccccc2)c2ccccc2)C3)cc1C)C([2H])([2H])[2H]. The monoisotopic (exact) mass is 514 g/mol. The molecule has 0 spiro atoms. The lowest BCUT2D eigenvalue weighted by Gasteiger charge is -2.35. The quantitative estimate of drug-likeness (QED) is 0.394. The van der Waals surface area contributed by atoms with Gasteiger partial charge in [-0.1, -0.05) is 72.8 Å². The van der Waals surface area contributed by atoms with Crippen LogP contribution in [-0.2, 0) is 29.1 Å². The van der Waals surface area contributed by atoms with Gasteiger partial charge in [0.1, 0.15) is 6.04 Å². The molecule has 194 valence electrons. The van der Waals surface area contributed by atoms with Crippen molar-refractivity contribution in [3.05, 3.63) is 119 Å². The molecule has 0 saturated carbocycles. The van der Waals surface area contributed by atoms with Crippen molar-refractivity contribution in [1.82, 2.24) is 14.5 Å². The summed E-state index contributed by atoms with van der Waals surface area (Å²) in [4.78, 5) is 33.1. The molecule has 2 heterocycles. The minimum Gasteiger partial charge on any atom is -0.480 e. The van der Waals surface area contributed by atoms with Gasteiger partial charge in [-0.15, -0.1) is 0 Å². The minimum absolute atomic E-state index is 0.0262. The number of carboxylic acids is 1. The van der Waals surface area contributed by atoms with Crippen molar-refractivity contribution < 1.29 is 22.9 Å². The van der Waals surface area contributed by atoms with Crippen LogP contribution in [0, 0.1) is 6.92 Å². The van der Waals surface area contributed by atoms with Crippen LogP contribution in [0.4, 0.5) is 5.69 Å². The number of fused-ring (bicyclic) bond motifs is 1. The number of amides is 1. The van der Waals surface area contributed by atoms with Gasteiger partial charge in [-0.3, -0.25) is 4.79 Å². The molecule has 5 rings (SSSR count). The number of aliphatic carboxylic acids is 1. The molecule has 0 saturated heterocycles. The van der Waals surface area contributed by atoms with E-state index in [1.165, 1.54) is 11.0 Å². The molecule has 0 aliphatic carbocycles. The Hall–Kier alpha value is -4.39. The number of hydrogen-bond acceptors (Lipinski definition) is 4. The molecular weight excluding hydrogens is 476 g/mol. The highest BCUT2D eigenvalue weighted by Gasteiger charge is 2.40.